The number of rotatable bonds is 3. The molecule has 58 valence electrons. The van der Waals surface area contributed by atoms with Gasteiger partial charge in [0, 0.05) is 10.1 Å². The van der Waals surface area contributed by atoms with Gasteiger partial charge in [0.05, 0.1) is 0 Å². The van der Waals surface area contributed by atoms with Gasteiger partial charge < -0.3 is 0 Å². The lowest BCUT2D eigenvalue weighted by Gasteiger charge is -2.03. The van der Waals surface area contributed by atoms with Gasteiger partial charge in [-0.05, 0) is 19.1 Å². The Morgan fingerprint density at radius 2 is 2.00 bits per heavy atom. The van der Waals surface area contributed by atoms with Crippen molar-refractivity contribution in [3.63, 3.8) is 0 Å². The summed E-state index contributed by atoms with van der Waals surface area (Å²) in [6, 6.07) is 10.4. The Bertz CT molecular complexity index is 216. The van der Waals surface area contributed by atoms with Gasteiger partial charge in [-0.25, -0.2) is 0 Å². The second kappa shape index (κ2) is 4.24. The molecule has 0 aliphatic rings. The molecule has 1 aromatic rings. The van der Waals surface area contributed by atoms with Crippen molar-refractivity contribution in [2.24, 2.45) is 0 Å². The second-order valence-corrected chi connectivity index (χ2v) is 3.82. The fraction of sp³-hybridized carbons (Fsp3) is 0.200. The van der Waals surface area contributed by atoms with Crippen molar-refractivity contribution < 1.29 is 0 Å². The van der Waals surface area contributed by atoms with Crippen LogP contribution in [0.3, 0.4) is 0 Å². The molecule has 0 saturated heterocycles. The predicted octanol–water partition coefficient (Wildman–Crippen LogP) is 3.35. The Morgan fingerprint density at radius 1 is 1.36 bits per heavy atom. The van der Waals surface area contributed by atoms with Crippen molar-refractivity contribution in [1.29, 1.82) is 0 Å². The largest absolute Gasteiger partial charge is 0.119 e. The standard InChI is InChI=1S/C10H12S/c1-3-9(2)11-10-7-5-4-6-8-10/h3-9H,1H2,2H3/t9-/m1/s1. The first-order chi connectivity index (χ1) is 5.33. The molecule has 0 aromatic heterocycles. The lowest BCUT2D eigenvalue weighted by Crippen LogP contribution is -1.86. The second-order valence-electron chi connectivity index (χ2n) is 2.37. The highest BCUT2D eigenvalue weighted by molar-refractivity contribution is 8.00. The Kier molecular flexibility index (Phi) is 3.24. The van der Waals surface area contributed by atoms with Gasteiger partial charge in [0.15, 0.2) is 0 Å². The van der Waals surface area contributed by atoms with E-state index < -0.39 is 0 Å². The molecule has 0 saturated carbocycles. The maximum atomic E-state index is 3.74. The number of thioether (sulfide) groups is 1. The lowest BCUT2D eigenvalue weighted by atomic mass is 10.4. The van der Waals surface area contributed by atoms with Crippen molar-refractivity contribution >= 4 is 11.8 Å². The fourth-order valence-electron chi connectivity index (χ4n) is 0.762. The van der Waals surface area contributed by atoms with Crippen LogP contribution in [0.1, 0.15) is 6.92 Å². The van der Waals surface area contributed by atoms with E-state index in [9.17, 15) is 0 Å². The van der Waals surface area contributed by atoms with Crippen LogP contribution in [-0.2, 0) is 0 Å². The van der Waals surface area contributed by atoms with Gasteiger partial charge in [0.1, 0.15) is 0 Å². The van der Waals surface area contributed by atoms with Crippen molar-refractivity contribution in [3.8, 4) is 0 Å². The molecule has 1 heteroatoms. The molecular weight excluding hydrogens is 152 g/mol. The van der Waals surface area contributed by atoms with Crippen LogP contribution in [0.4, 0.5) is 0 Å². The maximum Gasteiger partial charge on any atom is 0.0243 e. The van der Waals surface area contributed by atoms with E-state index in [4.69, 9.17) is 0 Å². The zero-order valence-electron chi connectivity index (χ0n) is 6.66. The molecule has 11 heavy (non-hydrogen) atoms. The van der Waals surface area contributed by atoms with Crippen molar-refractivity contribution in [1.82, 2.24) is 0 Å². The quantitative estimate of drug-likeness (QED) is 0.487. The molecule has 0 aliphatic heterocycles. The van der Waals surface area contributed by atoms with Gasteiger partial charge in [-0.1, -0.05) is 24.3 Å². The van der Waals surface area contributed by atoms with Crippen LogP contribution < -0.4 is 0 Å². The minimum Gasteiger partial charge on any atom is -0.119 e. The summed E-state index contributed by atoms with van der Waals surface area (Å²) in [6.45, 7) is 5.88. The van der Waals surface area contributed by atoms with E-state index in [1.54, 1.807) is 0 Å². The third-order valence-corrected chi connectivity index (χ3v) is 2.51. The Balaban J connectivity index is 2.57. The zero-order chi connectivity index (χ0) is 8.10. The van der Waals surface area contributed by atoms with Gasteiger partial charge in [-0.3, -0.25) is 0 Å². The Hall–Kier alpha value is -0.690. The summed E-state index contributed by atoms with van der Waals surface area (Å²) in [5.74, 6) is 0. The Labute approximate surface area is 72.3 Å². The van der Waals surface area contributed by atoms with Gasteiger partial charge >= 0.3 is 0 Å². The monoisotopic (exact) mass is 164 g/mol. The molecule has 0 fully saturated rings. The third kappa shape index (κ3) is 2.81. The van der Waals surface area contributed by atoms with Crippen LogP contribution in [0.25, 0.3) is 0 Å². The molecule has 0 spiro atoms. The summed E-state index contributed by atoms with van der Waals surface area (Å²) < 4.78 is 0. The van der Waals surface area contributed by atoms with Gasteiger partial charge in [0.2, 0.25) is 0 Å². The molecule has 0 heterocycles. The number of benzene rings is 1. The molecule has 1 rings (SSSR count). The minimum atomic E-state index is 0.498. The van der Waals surface area contributed by atoms with Crippen LogP contribution in [0.5, 0.6) is 0 Å². The normalized spacial score (nSPS) is 12.5. The van der Waals surface area contributed by atoms with E-state index in [1.807, 2.05) is 23.9 Å². The van der Waals surface area contributed by atoms with E-state index in [2.05, 4.69) is 37.8 Å². The number of hydrogen-bond acceptors (Lipinski definition) is 1. The molecule has 0 N–H and O–H groups in total. The Morgan fingerprint density at radius 3 is 2.55 bits per heavy atom. The topological polar surface area (TPSA) is 0 Å². The average Bonchev–Trinajstić information content (AvgIpc) is 2.06. The van der Waals surface area contributed by atoms with E-state index in [0.29, 0.717) is 5.25 Å². The fourth-order valence-corrected chi connectivity index (χ4v) is 1.60. The summed E-state index contributed by atoms with van der Waals surface area (Å²) in [4.78, 5) is 1.31. The van der Waals surface area contributed by atoms with Crippen LogP contribution in [0.15, 0.2) is 47.9 Å². The van der Waals surface area contributed by atoms with Crippen molar-refractivity contribution in [2.45, 2.75) is 17.1 Å². The highest BCUT2D eigenvalue weighted by Gasteiger charge is 1.96. The first-order valence-corrected chi connectivity index (χ1v) is 4.55. The smallest absolute Gasteiger partial charge is 0.0243 e. The summed E-state index contributed by atoms with van der Waals surface area (Å²) in [6.07, 6.45) is 1.96. The molecular formula is C10H12S. The SMILES string of the molecule is C=C[C@@H](C)Sc1ccccc1. The third-order valence-electron chi connectivity index (χ3n) is 1.40. The zero-order valence-corrected chi connectivity index (χ0v) is 7.47. The van der Waals surface area contributed by atoms with Gasteiger partial charge in [-0.2, -0.15) is 0 Å². The molecule has 0 unspecified atom stereocenters. The van der Waals surface area contributed by atoms with Crippen LogP contribution >= 0.6 is 11.8 Å². The molecule has 0 amide bonds. The van der Waals surface area contributed by atoms with Crippen LogP contribution in [-0.4, -0.2) is 5.25 Å². The first-order valence-electron chi connectivity index (χ1n) is 3.67. The summed E-state index contributed by atoms with van der Waals surface area (Å²) in [5.41, 5.74) is 0. The molecule has 0 radical (unpaired) electrons. The maximum absolute atomic E-state index is 3.74. The van der Waals surface area contributed by atoms with Gasteiger partial charge in [0.25, 0.3) is 0 Å². The summed E-state index contributed by atoms with van der Waals surface area (Å²) >= 11 is 1.83. The molecule has 1 aromatic carbocycles. The van der Waals surface area contributed by atoms with E-state index >= 15 is 0 Å². The van der Waals surface area contributed by atoms with E-state index in [-0.39, 0.29) is 0 Å². The van der Waals surface area contributed by atoms with Crippen LogP contribution in [0.2, 0.25) is 0 Å². The van der Waals surface area contributed by atoms with Gasteiger partial charge in [-0.15, -0.1) is 18.3 Å². The molecule has 1 atom stereocenters. The highest BCUT2D eigenvalue weighted by atomic mass is 32.2. The number of hydrogen-bond donors (Lipinski definition) is 0. The highest BCUT2D eigenvalue weighted by Crippen LogP contribution is 2.22. The molecule has 0 nitrogen and oxygen atoms in total. The van der Waals surface area contributed by atoms with Crippen molar-refractivity contribution in [3.05, 3.63) is 43.0 Å². The summed E-state index contributed by atoms with van der Waals surface area (Å²) in [5, 5.41) is 0.498. The van der Waals surface area contributed by atoms with E-state index in [0.717, 1.165) is 0 Å². The first kappa shape index (κ1) is 8.41. The summed E-state index contributed by atoms with van der Waals surface area (Å²) in [7, 11) is 0. The molecule has 0 bridgehead atoms. The minimum absolute atomic E-state index is 0.498. The van der Waals surface area contributed by atoms with E-state index in [1.165, 1.54) is 4.90 Å². The lowest BCUT2D eigenvalue weighted by molar-refractivity contribution is 1.24. The van der Waals surface area contributed by atoms with Crippen LogP contribution in [0, 0.1) is 0 Å². The molecule has 0 aliphatic carbocycles. The predicted molar refractivity (Wildman–Crippen MR) is 52.0 cm³/mol. The van der Waals surface area contributed by atoms with Crippen molar-refractivity contribution in [2.75, 3.05) is 0 Å². The average molecular weight is 164 g/mol.